The van der Waals surface area contributed by atoms with Gasteiger partial charge in [0.05, 0.1) is 23.7 Å². The zero-order valence-corrected chi connectivity index (χ0v) is 18.7. The molecular formula is C26H31N3O2. The first-order valence-corrected chi connectivity index (χ1v) is 11.2. The Morgan fingerprint density at radius 2 is 1.77 bits per heavy atom. The lowest BCUT2D eigenvalue weighted by Gasteiger charge is -2.22. The summed E-state index contributed by atoms with van der Waals surface area (Å²) in [6, 6.07) is 15.3. The molecule has 5 heteroatoms. The molecule has 1 heterocycles. The number of para-hydroxylation sites is 1. The maximum Gasteiger partial charge on any atom is 0.282 e. The smallest absolute Gasteiger partial charge is 0.282 e. The van der Waals surface area contributed by atoms with Crippen molar-refractivity contribution in [1.82, 2.24) is 9.66 Å². The van der Waals surface area contributed by atoms with E-state index in [-0.39, 0.29) is 16.9 Å². The fourth-order valence-corrected chi connectivity index (χ4v) is 3.95. The van der Waals surface area contributed by atoms with Gasteiger partial charge in [-0.05, 0) is 60.2 Å². The Morgan fingerprint density at radius 1 is 1.06 bits per heavy atom. The van der Waals surface area contributed by atoms with Gasteiger partial charge in [0.2, 0.25) is 0 Å². The average molecular weight is 418 g/mol. The monoisotopic (exact) mass is 417 g/mol. The van der Waals surface area contributed by atoms with E-state index in [0.717, 1.165) is 35.5 Å². The van der Waals surface area contributed by atoms with Gasteiger partial charge in [0.25, 0.3) is 5.56 Å². The third-order valence-electron chi connectivity index (χ3n) is 5.62. The predicted octanol–water partition coefficient (Wildman–Crippen LogP) is 5.75. The molecule has 1 fully saturated rings. The lowest BCUT2D eigenvalue weighted by Crippen LogP contribution is -2.25. The van der Waals surface area contributed by atoms with E-state index < -0.39 is 0 Å². The van der Waals surface area contributed by atoms with Crippen molar-refractivity contribution >= 4 is 17.1 Å². The largest absolute Gasteiger partial charge is 0.493 e. The van der Waals surface area contributed by atoms with Crippen molar-refractivity contribution in [2.75, 3.05) is 6.61 Å². The number of hydrogen-bond acceptors (Lipinski definition) is 4. The molecule has 1 aliphatic carbocycles. The molecule has 4 rings (SSSR count). The number of fused-ring (bicyclic) bond motifs is 1. The molecule has 0 aliphatic heterocycles. The van der Waals surface area contributed by atoms with Crippen LogP contribution in [0.5, 0.6) is 5.75 Å². The third-order valence-corrected chi connectivity index (χ3v) is 5.62. The summed E-state index contributed by atoms with van der Waals surface area (Å²) in [5, 5.41) is 5.19. The molecule has 0 radical (unpaired) electrons. The van der Waals surface area contributed by atoms with Gasteiger partial charge in [0.15, 0.2) is 0 Å². The SMILES string of the molecule is CC(C)(C)COc1ccc(C=Nn2c(C3CCCCC3)nc3ccccc3c2=O)cc1. The molecule has 0 amide bonds. The number of hydrogen-bond donors (Lipinski definition) is 0. The van der Waals surface area contributed by atoms with E-state index in [1.54, 1.807) is 6.21 Å². The van der Waals surface area contributed by atoms with Gasteiger partial charge < -0.3 is 4.74 Å². The first-order chi connectivity index (χ1) is 14.9. The Balaban J connectivity index is 1.64. The van der Waals surface area contributed by atoms with E-state index in [9.17, 15) is 4.79 Å². The molecule has 0 saturated heterocycles. The Hall–Kier alpha value is -2.95. The number of aromatic nitrogens is 2. The first kappa shape index (κ1) is 21.3. The Kier molecular flexibility index (Phi) is 6.21. The van der Waals surface area contributed by atoms with Gasteiger partial charge in [-0.1, -0.05) is 52.2 Å². The maximum absolute atomic E-state index is 13.2. The van der Waals surface area contributed by atoms with E-state index in [2.05, 4.69) is 25.9 Å². The zero-order valence-electron chi connectivity index (χ0n) is 18.7. The minimum Gasteiger partial charge on any atom is -0.493 e. The van der Waals surface area contributed by atoms with Crippen LogP contribution in [0, 0.1) is 5.41 Å². The number of benzene rings is 2. The highest BCUT2D eigenvalue weighted by molar-refractivity contribution is 5.80. The first-order valence-electron chi connectivity index (χ1n) is 11.2. The average Bonchev–Trinajstić information content (AvgIpc) is 2.78. The molecule has 3 aromatic rings. The topological polar surface area (TPSA) is 56.5 Å². The molecule has 1 saturated carbocycles. The molecule has 2 aromatic carbocycles. The normalized spacial score (nSPS) is 15.6. The van der Waals surface area contributed by atoms with Crippen LogP contribution in [0.3, 0.4) is 0 Å². The van der Waals surface area contributed by atoms with Crippen molar-refractivity contribution in [1.29, 1.82) is 0 Å². The lowest BCUT2D eigenvalue weighted by atomic mass is 9.88. The summed E-state index contributed by atoms with van der Waals surface area (Å²) in [5.41, 5.74) is 1.67. The summed E-state index contributed by atoms with van der Waals surface area (Å²) in [6.45, 7) is 7.09. The summed E-state index contributed by atoms with van der Waals surface area (Å²) in [7, 11) is 0. The molecule has 0 spiro atoms. The third kappa shape index (κ3) is 5.22. The molecule has 5 nitrogen and oxygen atoms in total. The van der Waals surface area contributed by atoms with Crippen molar-refractivity contribution in [3.63, 3.8) is 0 Å². The van der Waals surface area contributed by atoms with Crippen LogP contribution in [0.1, 0.15) is 70.2 Å². The van der Waals surface area contributed by atoms with E-state index in [4.69, 9.17) is 9.72 Å². The molecule has 0 bridgehead atoms. The molecule has 0 N–H and O–H groups in total. The maximum atomic E-state index is 13.2. The van der Waals surface area contributed by atoms with Gasteiger partial charge in [0.1, 0.15) is 11.6 Å². The highest BCUT2D eigenvalue weighted by atomic mass is 16.5. The van der Waals surface area contributed by atoms with E-state index >= 15 is 0 Å². The number of nitrogens with zero attached hydrogens (tertiary/aromatic N) is 3. The fraction of sp³-hybridized carbons (Fsp3) is 0.423. The zero-order chi connectivity index (χ0) is 21.8. The Bertz CT molecular complexity index is 1120. The van der Waals surface area contributed by atoms with Gasteiger partial charge in [-0.15, -0.1) is 0 Å². The second kappa shape index (κ2) is 9.04. The van der Waals surface area contributed by atoms with Gasteiger partial charge in [-0.3, -0.25) is 4.79 Å². The molecule has 31 heavy (non-hydrogen) atoms. The van der Waals surface area contributed by atoms with Gasteiger partial charge in [-0.25, -0.2) is 4.98 Å². The van der Waals surface area contributed by atoms with Crippen molar-refractivity contribution < 1.29 is 4.74 Å². The standard InChI is InChI=1S/C26H31N3O2/c1-26(2,3)18-31-21-15-13-19(14-16-21)17-27-29-24(20-9-5-4-6-10-20)28-23-12-8-7-11-22(23)25(29)30/h7-8,11-17,20H,4-6,9-10,18H2,1-3H3. The van der Waals surface area contributed by atoms with Crippen molar-refractivity contribution in [3.8, 4) is 5.75 Å². The summed E-state index contributed by atoms with van der Waals surface area (Å²) in [6.07, 6.45) is 7.44. The highest BCUT2D eigenvalue weighted by Gasteiger charge is 2.22. The van der Waals surface area contributed by atoms with Crippen LogP contribution >= 0.6 is 0 Å². The van der Waals surface area contributed by atoms with E-state index in [1.807, 2.05) is 48.5 Å². The number of rotatable bonds is 5. The fourth-order valence-electron chi connectivity index (χ4n) is 3.95. The molecule has 0 atom stereocenters. The Morgan fingerprint density at radius 3 is 2.48 bits per heavy atom. The van der Waals surface area contributed by atoms with Crippen LogP contribution in [0.2, 0.25) is 0 Å². The van der Waals surface area contributed by atoms with Gasteiger partial charge in [-0.2, -0.15) is 9.78 Å². The van der Waals surface area contributed by atoms with E-state index in [1.165, 1.54) is 23.9 Å². The van der Waals surface area contributed by atoms with Crippen LogP contribution in [0.15, 0.2) is 58.4 Å². The summed E-state index contributed by atoms with van der Waals surface area (Å²) in [4.78, 5) is 18.1. The molecule has 1 aliphatic rings. The second-order valence-electron chi connectivity index (χ2n) is 9.60. The summed E-state index contributed by atoms with van der Waals surface area (Å²) >= 11 is 0. The van der Waals surface area contributed by atoms with Crippen LogP contribution in [0.4, 0.5) is 0 Å². The Labute approximate surface area is 183 Å². The highest BCUT2D eigenvalue weighted by Crippen LogP contribution is 2.31. The summed E-state index contributed by atoms with van der Waals surface area (Å²) < 4.78 is 7.36. The molecular weight excluding hydrogens is 386 g/mol. The van der Waals surface area contributed by atoms with Crippen LogP contribution in [-0.4, -0.2) is 22.5 Å². The molecule has 162 valence electrons. The quantitative estimate of drug-likeness (QED) is 0.497. The predicted molar refractivity (Wildman–Crippen MR) is 126 cm³/mol. The second-order valence-corrected chi connectivity index (χ2v) is 9.60. The van der Waals surface area contributed by atoms with Crippen LogP contribution < -0.4 is 10.3 Å². The van der Waals surface area contributed by atoms with Crippen LogP contribution in [0.25, 0.3) is 10.9 Å². The minimum absolute atomic E-state index is 0.104. The molecule has 1 aromatic heterocycles. The van der Waals surface area contributed by atoms with Gasteiger partial charge in [0, 0.05) is 5.92 Å². The van der Waals surface area contributed by atoms with Gasteiger partial charge >= 0.3 is 0 Å². The summed E-state index contributed by atoms with van der Waals surface area (Å²) in [5.74, 6) is 1.89. The van der Waals surface area contributed by atoms with Crippen LogP contribution in [-0.2, 0) is 0 Å². The van der Waals surface area contributed by atoms with Crippen molar-refractivity contribution in [2.45, 2.75) is 58.8 Å². The van der Waals surface area contributed by atoms with Crippen molar-refractivity contribution in [2.24, 2.45) is 10.5 Å². The van der Waals surface area contributed by atoms with E-state index in [0.29, 0.717) is 12.0 Å². The van der Waals surface area contributed by atoms with Crippen molar-refractivity contribution in [3.05, 3.63) is 70.3 Å². The number of ether oxygens (including phenoxy) is 1. The molecule has 0 unspecified atom stereocenters. The minimum atomic E-state index is -0.104. The lowest BCUT2D eigenvalue weighted by molar-refractivity contribution is 0.198.